The van der Waals surface area contributed by atoms with E-state index in [1.165, 1.54) is 35.7 Å². The smallest absolute Gasteiger partial charge is 0.0305 e. The van der Waals surface area contributed by atoms with Gasteiger partial charge in [0.15, 0.2) is 0 Å². The molecule has 0 aliphatic heterocycles. The van der Waals surface area contributed by atoms with Crippen LogP contribution in [0.2, 0.25) is 0 Å². The molecule has 17 heavy (non-hydrogen) atoms. The Hall–Kier alpha value is -0.340. The molecule has 1 atom stereocenters. The highest BCUT2D eigenvalue weighted by molar-refractivity contribution is 9.10. The third-order valence-electron chi connectivity index (χ3n) is 3.13. The zero-order valence-electron chi connectivity index (χ0n) is 11.2. The van der Waals surface area contributed by atoms with Crippen LogP contribution in [0.5, 0.6) is 0 Å². The SMILES string of the molecule is CCCC(CCC)NC(C)c1ccccc1Br. The van der Waals surface area contributed by atoms with Crippen molar-refractivity contribution in [3.8, 4) is 0 Å². The molecule has 1 aromatic carbocycles. The van der Waals surface area contributed by atoms with Gasteiger partial charge >= 0.3 is 0 Å². The first-order chi connectivity index (χ1) is 8.19. The minimum atomic E-state index is 0.411. The highest BCUT2D eigenvalue weighted by Gasteiger charge is 2.13. The monoisotopic (exact) mass is 297 g/mol. The summed E-state index contributed by atoms with van der Waals surface area (Å²) in [5.41, 5.74) is 1.35. The molecule has 1 unspecified atom stereocenters. The largest absolute Gasteiger partial charge is 0.307 e. The highest BCUT2D eigenvalue weighted by Crippen LogP contribution is 2.24. The summed E-state index contributed by atoms with van der Waals surface area (Å²) in [4.78, 5) is 0. The Morgan fingerprint density at radius 1 is 1.12 bits per heavy atom. The molecule has 1 nitrogen and oxygen atoms in total. The summed E-state index contributed by atoms with van der Waals surface area (Å²) in [7, 11) is 0. The van der Waals surface area contributed by atoms with E-state index in [1.54, 1.807) is 0 Å². The van der Waals surface area contributed by atoms with E-state index in [4.69, 9.17) is 0 Å². The van der Waals surface area contributed by atoms with Crippen molar-refractivity contribution >= 4 is 15.9 Å². The van der Waals surface area contributed by atoms with Crippen LogP contribution < -0.4 is 5.32 Å². The van der Waals surface area contributed by atoms with Crippen LogP contribution in [0.25, 0.3) is 0 Å². The van der Waals surface area contributed by atoms with Crippen molar-refractivity contribution in [2.24, 2.45) is 0 Å². The van der Waals surface area contributed by atoms with E-state index in [9.17, 15) is 0 Å². The average molecular weight is 298 g/mol. The second-order valence-electron chi connectivity index (χ2n) is 4.68. The fourth-order valence-corrected chi connectivity index (χ4v) is 2.91. The van der Waals surface area contributed by atoms with E-state index in [-0.39, 0.29) is 0 Å². The van der Waals surface area contributed by atoms with Gasteiger partial charge in [0, 0.05) is 16.6 Å². The predicted octanol–water partition coefficient (Wildman–Crippen LogP) is 5.07. The molecule has 96 valence electrons. The molecule has 2 heteroatoms. The lowest BCUT2D eigenvalue weighted by Gasteiger charge is -2.23. The van der Waals surface area contributed by atoms with Gasteiger partial charge in [0.2, 0.25) is 0 Å². The Balaban J connectivity index is 2.63. The van der Waals surface area contributed by atoms with Gasteiger partial charge < -0.3 is 5.32 Å². The minimum absolute atomic E-state index is 0.411. The van der Waals surface area contributed by atoms with Gasteiger partial charge in [-0.1, -0.05) is 60.8 Å². The molecular weight excluding hydrogens is 274 g/mol. The lowest BCUT2D eigenvalue weighted by Crippen LogP contribution is -2.31. The summed E-state index contributed by atoms with van der Waals surface area (Å²) in [6, 6.07) is 9.53. The van der Waals surface area contributed by atoms with Crippen molar-refractivity contribution < 1.29 is 0 Å². The van der Waals surface area contributed by atoms with E-state index >= 15 is 0 Å². The van der Waals surface area contributed by atoms with Crippen molar-refractivity contribution in [2.45, 2.75) is 58.5 Å². The molecule has 1 rings (SSSR count). The molecule has 0 amide bonds. The molecule has 0 aromatic heterocycles. The first kappa shape index (κ1) is 14.7. The Morgan fingerprint density at radius 3 is 2.24 bits per heavy atom. The Labute approximate surface area is 114 Å². The van der Waals surface area contributed by atoms with Crippen LogP contribution in [-0.4, -0.2) is 6.04 Å². The van der Waals surface area contributed by atoms with Crippen LogP contribution in [0, 0.1) is 0 Å². The molecule has 0 radical (unpaired) electrons. The fraction of sp³-hybridized carbons (Fsp3) is 0.600. The predicted molar refractivity (Wildman–Crippen MR) is 79.3 cm³/mol. The summed E-state index contributed by atoms with van der Waals surface area (Å²) in [5, 5.41) is 3.75. The van der Waals surface area contributed by atoms with Crippen LogP contribution in [-0.2, 0) is 0 Å². The second-order valence-corrected chi connectivity index (χ2v) is 5.54. The van der Waals surface area contributed by atoms with E-state index < -0.39 is 0 Å². The number of nitrogens with one attached hydrogen (secondary N) is 1. The lowest BCUT2D eigenvalue weighted by molar-refractivity contribution is 0.402. The average Bonchev–Trinajstić information content (AvgIpc) is 2.30. The van der Waals surface area contributed by atoms with E-state index in [0.29, 0.717) is 12.1 Å². The Morgan fingerprint density at radius 2 is 1.71 bits per heavy atom. The first-order valence-corrected chi connectivity index (χ1v) is 7.48. The Kier molecular flexibility index (Phi) is 6.83. The Bertz CT molecular complexity index is 318. The maximum atomic E-state index is 3.75. The van der Waals surface area contributed by atoms with Crippen molar-refractivity contribution in [1.29, 1.82) is 0 Å². The molecule has 1 aromatic rings. The second kappa shape index (κ2) is 7.88. The maximum absolute atomic E-state index is 3.75. The molecule has 0 spiro atoms. The van der Waals surface area contributed by atoms with Gasteiger partial charge in [0.1, 0.15) is 0 Å². The van der Waals surface area contributed by atoms with E-state index in [2.05, 4.69) is 66.3 Å². The number of hydrogen-bond acceptors (Lipinski definition) is 1. The van der Waals surface area contributed by atoms with Crippen molar-refractivity contribution in [2.75, 3.05) is 0 Å². The number of benzene rings is 1. The molecule has 0 heterocycles. The van der Waals surface area contributed by atoms with Crippen LogP contribution in [0.1, 0.15) is 58.1 Å². The summed E-state index contributed by atoms with van der Waals surface area (Å²) < 4.78 is 1.20. The zero-order chi connectivity index (χ0) is 12.7. The van der Waals surface area contributed by atoms with Crippen molar-refractivity contribution in [1.82, 2.24) is 5.32 Å². The maximum Gasteiger partial charge on any atom is 0.0305 e. The summed E-state index contributed by atoms with van der Waals surface area (Å²) >= 11 is 3.62. The molecule has 0 bridgehead atoms. The van der Waals surface area contributed by atoms with Crippen LogP contribution in [0.15, 0.2) is 28.7 Å². The van der Waals surface area contributed by atoms with Gasteiger partial charge in [0.05, 0.1) is 0 Å². The van der Waals surface area contributed by atoms with Crippen molar-refractivity contribution in [3.63, 3.8) is 0 Å². The normalized spacial score (nSPS) is 13.0. The zero-order valence-corrected chi connectivity index (χ0v) is 12.8. The van der Waals surface area contributed by atoms with Crippen molar-refractivity contribution in [3.05, 3.63) is 34.3 Å². The summed E-state index contributed by atoms with van der Waals surface area (Å²) in [6.45, 7) is 6.76. The minimum Gasteiger partial charge on any atom is -0.307 e. The summed E-state index contributed by atoms with van der Waals surface area (Å²) in [5.74, 6) is 0. The topological polar surface area (TPSA) is 12.0 Å². The molecule has 0 saturated heterocycles. The molecular formula is C15H24BrN. The third kappa shape index (κ3) is 4.81. The standard InChI is InChI=1S/C15H24BrN/c1-4-8-13(9-5-2)17-12(3)14-10-6-7-11-15(14)16/h6-7,10-13,17H,4-5,8-9H2,1-3H3. The molecule has 0 aliphatic carbocycles. The third-order valence-corrected chi connectivity index (χ3v) is 3.85. The van der Waals surface area contributed by atoms with Crippen LogP contribution in [0.3, 0.4) is 0 Å². The lowest BCUT2D eigenvalue weighted by atomic mass is 10.0. The summed E-state index contributed by atoms with van der Waals surface area (Å²) in [6.07, 6.45) is 5.03. The van der Waals surface area contributed by atoms with Gasteiger partial charge in [0.25, 0.3) is 0 Å². The number of hydrogen-bond donors (Lipinski definition) is 1. The quantitative estimate of drug-likeness (QED) is 0.741. The van der Waals surface area contributed by atoms with Gasteiger partial charge in [-0.05, 0) is 31.4 Å². The molecule has 0 aliphatic rings. The molecule has 1 N–H and O–H groups in total. The van der Waals surface area contributed by atoms with Crippen LogP contribution >= 0.6 is 15.9 Å². The van der Waals surface area contributed by atoms with Gasteiger partial charge in [-0.3, -0.25) is 0 Å². The van der Waals surface area contributed by atoms with E-state index in [0.717, 1.165) is 0 Å². The fourth-order valence-electron chi connectivity index (χ4n) is 2.28. The van der Waals surface area contributed by atoms with Gasteiger partial charge in [-0.2, -0.15) is 0 Å². The first-order valence-electron chi connectivity index (χ1n) is 6.69. The van der Waals surface area contributed by atoms with E-state index in [1.807, 2.05) is 0 Å². The molecule has 0 fully saturated rings. The molecule has 0 saturated carbocycles. The van der Waals surface area contributed by atoms with Gasteiger partial charge in [-0.25, -0.2) is 0 Å². The van der Waals surface area contributed by atoms with Crippen LogP contribution in [0.4, 0.5) is 0 Å². The number of rotatable bonds is 7. The number of halogens is 1. The van der Waals surface area contributed by atoms with Gasteiger partial charge in [-0.15, -0.1) is 0 Å². The highest BCUT2D eigenvalue weighted by atomic mass is 79.9.